The Morgan fingerprint density at radius 1 is 1.42 bits per heavy atom. The van der Waals surface area contributed by atoms with Crippen molar-refractivity contribution in [2.45, 2.75) is 43.9 Å². The summed E-state index contributed by atoms with van der Waals surface area (Å²) in [7, 11) is 0. The molecular weight excluding hydrogens is 423 g/mol. The van der Waals surface area contributed by atoms with Crippen LogP contribution in [0.2, 0.25) is 5.15 Å². The second-order valence-corrected chi connectivity index (χ2v) is 8.87. The van der Waals surface area contributed by atoms with E-state index < -0.39 is 6.17 Å². The molecule has 2 N–H and O–H groups in total. The van der Waals surface area contributed by atoms with E-state index in [1.807, 2.05) is 19.1 Å². The standard InChI is InChI=1S/C21H26ClFN6O2/c1-13(15-4-2-6-25-18(15)24)29-8-9-30-16-17(22)26-20(27-19(16)29)31-12-21-5-3-7-28(21)11-14(23)10-21/h2,4,6,13-14H,3,5,7-12H2,1H3,(H2,24,25)/t13-,14-,21+/m1/s1. The van der Waals surface area contributed by atoms with E-state index in [0.717, 1.165) is 24.9 Å². The number of alkyl halides is 1. The van der Waals surface area contributed by atoms with Gasteiger partial charge >= 0.3 is 6.01 Å². The van der Waals surface area contributed by atoms with E-state index in [4.69, 9.17) is 26.8 Å². The quantitative estimate of drug-likeness (QED) is 0.698. The zero-order valence-electron chi connectivity index (χ0n) is 17.4. The average Bonchev–Trinajstić information content (AvgIpc) is 3.27. The molecule has 2 aromatic heterocycles. The fourth-order valence-electron chi connectivity index (χ4n) is 5.10. The van der Waals surface area contributed by atoms with Crippen LogP contribution < -0.4 is 20.1 Å². The van der Waals surface area contributed by atoms with Crippen molar-refractivity contribution in [1.29, 1.82) is 0 Å². The zero-order chi connectivity index (χ0) is 21.6. The lowest BCUT2D eigenvalue weighted by Crippen LogP contribution is -2.43. The molecule has 0 aromatic carbocycles. The van der Waals surface area contributed by atoms with E-state index in [1.165, 1.54) is 0 Å². The van der Waals surface area contributed by atoms with Crippen molar-refractivity contribution in [3.8, 4) is 11.8 Å². The van der Waals surface area contributed by atoms with E-state index in [-0.39, 0.29) is 22.7 Å². The Hall–Kier alpha value is -2.39. The molecule has 5 heterocycles. The third-order valence-electron chi connectivity index (χ3n) is 6.66. The maximum absolute atomic E-state index is 14.1. The van der Waals surface area contributed by atoms with E-state index in [2.05, 4.69) is 24.8 Å². The molecule has 0 amide bonds. The smallest absolute Gasteiger partial charge is 0.320 e. The van der Waals surface area contributed by atoms with Gasteiger partial charge < -0.3 is 20.1 Å². The predicted octanol–water partition coefficient (Wildman–Crippen LogP) is 3.02. The number of pyridine rings is 1. The molecule has 0 bridgehead atoms. The topological polar surface area (TPSA) is 89.6 Å². The molecule has 10 heteroatoms. The van der Waals surface area contributed by atoms with Gasteiger partial charge in [0.05, 0.1) is 18.1 Å². The lowest BCUT2D eigenvalue weighted by atomic mass is 9.95. The van der Waals surface area contributed by atoms with Gasteiger partial charge in [-0.2, -0.15) is 9.97 Å². The first-order valence-corrected chi connectivity index (χ1v) is 11.0. The lowest BCUT2D eigenvalue weighted by Gasteiger charge is -2.35. The van der Waals surface area contributed by atoms with Crippen LogP contribution in [-0.2, 0) is 0 Å². The second kappa shape index (κ2) is 7.94. The molecule has 3 atom stereocenters. The molecule has 0 radical (unpaired) electrons. The molecule has 2 fully saturated rings. The highest BCUT2D eigenvalue weighted by atomic mass is 35.5. The lowest BCUT2D eigenvalue weighted by molar-refractivity contribution is 0.107. The minimum atomic E-state index is -0.813. The summed E-state index contributed by atoms with van der Waals surface area (Å²) in [5.41, 5.74) is 6.71. The Labute approximate surface area is 185 Å². The summed E-state index contributed by atoms with van der Waals surface area (Å²) >= 11 is 6.43. The van der Waals surface area contributed by atoms with Crippen LogP contribution in [0.1, 0.15) is 37.8 Å². The normalized spacial score (nSPS) is 26.3. The number of hydrogen-bond acceptors (Lipinski definition) is 8. The van der Waals surface area contributed by atoms with Gasteiger partial charge in [-0.1, -0.05) is 17.7 Å². The number of nitrogens with two attached hydrogens (primary N) is 1. The van der Waals surface area contributed by atoms with Crippen LogP contribution in [0, 0.1) is 0 Å². The van der Waals surface area contributed by atoms with Crippen molar-refractivity contribution < 1.29 is 13.9 Å². The molecule has 2 saturated heterocycles. The number of hydrogen-bond donors (Lipinski definition) is 1. The van der Waals surface area contributed by atoms with E-state index in [0.29, 0.717) is 50.1 Å². The minimum absolute atomic E-state index is 0.0961. The predicted molar refractivity (Wildman–Crippen MR) is 115 cm³/mol. The maximum Gasteiger partial charge on any atom is 0.320 e. The van der Waals surface area contributed by atoms with Crippen molar-refractivity contribution in [3.63, 3.8) is 0 Å². The third kappa shape index (κ3) is 3.63. The molecule has 0 spiro atoms. The Bertz CT molecular complexity index is 981. The first-order valence-electron chi connectivity index (χ1n) is 10.7. The van der Waals surface area contributed by atoms with Gasteiger partial charge in [-0.25, -0.2) is 9.37 Å². The molecule has 0 unspecified atom stereocenters. The van der Waals surface area contributed by atoms with Crippen LogP contribution in [0.15, 0.2) is 18.3 Å². The summed E-state index contributed by atoms with van der Waals surface area (Å²) in [6.45, 7) is 4.82. The number of fused-ring (bicyclic) bond motifs is 2. The summed E-state index contributed by atoms with van der Waals surface area (Å²) < 4.78 is 25.8. The number of aromatic nitrogens is 3. The largest absolute Gasteiger partial charge is 0.485 e. The van der Waals surface area contributed by atoms with Crippen LogP contribution in [0.4, 0.5) is 16.0 Å². The van der Waals surface area contributed by atoms with Gasteiger partial charge in [0.2, 0.25) is 0 Å². The molecule has 166 valence electrons. The van der Waals surface area contributed by atoms with Crippen molar-refractivity contribution in [1.82, 2.24) is 19.9 Å². The van der Waals surface area contributed by atoms with Crippen LogP contribution >= 0.6 is 11.6 Å². The van der Waals surface area contributed by atoms with Crippen molar-refractivity contribution >= 4 is 23.2 Å². The highest BCUT2D eigenvalue weighted by Gasteiger charge is 2.49. The molecular formula is C21H26ClFN6O2. The summed E-state index contributed by atoms with van der Waals surface area (Å²) in [6.07, 6.45) is 3.30. The average molecular weight is 449 g/mol. The number of ether oxygens (including phenoxy) is 2. The number of halogens is 2. The Morgan fingerprint density at radius 3 is 3.13 bits per heavy atom. The summed E-state index contributed by atoms with van der Waals surface area (Å²) in [5.74, 6) is 1.47. The number of nitrogens with zero attached hydrogens (tertiary/aromatic N) is 5. The minimum Gasteiger partial charge on any atom is -0.485 e. The Kier molecular flexibility index (Phi) is 5.26. The molecule has 3 aliphatic rings. The molecule has 5 rings (SSSR count). The molecule has 31 heavy (non-hydrogen) atoms. The van der Waals surface area contributed by atoms with E-state index in [9.17, 15) is 4.39 Å². The van der Waals surface area contributed by atoms with Crippen molar-refractivity contribution in [2.75, 3.05) is 43.5 Å². The third-order valence-corrected chi connectivity index (χ3v) is 6.91. The van der Waals surface area contributed by atoms with Gasteiger partial charge in [0.1, 0.15) is 25.2 Å². The summed E-state index contributed by atoms with van der Waals surface area (Å²) in [4.78, 5) is 17.4. The molecule has 8 nitrogen and oxygen atoms in total. The van der Waals surface area contributed by atoms with Gasteiger partial charge in [-0.05, 0) is 32.4 Å². The highest BCUT2D eigenvalue weighted by molar-refractivity contribution is 6.31. The van der Waals surface area contributed by atoms with Crippen LogP contribution in [0.5, 0.6) is 11.8 Å². The van der Waals surface area contributed by atoms with Gasteiger partial charge in [-0.15, -0.1) is 0 Å². The fraction of sp³-hybridized carbons (Fsp3) is 0.571. The number of nitrogen functional groups attached to an aromatic ring is 1. The number of anilines is 2. The van der Waals surface area contributed by atoms with Gasteiger partial charge in [0, 0.05) is 24.7 Å². The molecule has 2 aromatic rings. The Morgan fingerprint density at radius 2 is 2.29 bits per heavy atom. The van der Waals surface area contributed by atoms with Gasteiger partial charge in [-0.3, -0.25) is 4.90 Å². The van der Waals surface area contributed by atoms with Gasteiger partial charge in [0.15, 0.2) is 16.7 Å². The molecule has 0 aliphatic carbocycles. The fourth-order valence-corrected chi connectivity index (χ4v) is 5.32. The maximum atomic E-state index is 14.1. The van der Waals surface area contributed by atoms with Crippen LogP contribution in [-0.4, -0.2) is 64.4 Å². The van der Waals surface area contributed by atoms with E-state index in [1.54, 1.807) is 6.20 Å². The van der Waals surface area contributed by atoms with Gasteiger partial charge in [0.25, 0.3) is 0 Å². The molecule has 3 aliphatic heterocycles. The summed E-state index contributed by atoms with van der Waals surface area (Å²) in [5, 5.41) is 0.201. The van der Waals surface area contributed by atoms with Crippen LogP contribution in [0.25, 0.3) is 0 Å². The first kappa shape index (κ1) is 20.5. The monoisotopic (exact) mass is 448 g/mol. The Balaban J connectivity index is 1.41. The molecule has 0 saturated carbocycles. The van der Waals surface area contributed by atoms with Crippen molar-refractivity contribution in [2.24, 2.45) is 0 Å². The SMILES string of the molecule is C[C@H](c1cccnc1N)N1CCOc2c(Cl)nc(OC[C@@]34CCCN3C[C@H](F)C4)nc21. The van der Waals surface area contributed by atoms with Crippen LogP contribution in [0.3, 0.4) is 0 Å². The van der Waals surface area contributed by atoms with E-state index >= 15 is 0 Å². The number of rotatable bonds is 5. The second-order valence-electron chi connectivity index (χ2n) is 8.51. The summed E-state index contributed by atoms with van der Waals surface area (Å²) in [6, 6.07) is 3.89. The highest BCUT2D eigenvalue weighted by Crippen LogP contribution is 2.43. The van der Waals surface area contributed by atoms with Crippen molar-refractivity contribution in [3.05, 3.63) is 29.0 Å². The zero-order valence-corrected chi connectivity index (χ0v) is 18.2. The first-order chi connectivity index (χ1) is 15.0.